The van der Waals surface area contributed by atoms with Gasteiger partial charge in [-0.25, -0.2) is 0 Å². The quantitative estimate of drug-likeness (QED) is 0.517. The number of halogens is 1. The normalized spacial score (nSPS) is 10.3. The van der Waals surface area contributed by atoms with Crippen LogP contribution in [0.15, 0.2) is 72.8 Å². The Morgan fingerprint density at radius 3 is 1.50 bits per heavy atom. The Hall–Kier alpha value is -2.01. The number of benzene rings is 3. The number of methoxy groups -OCH3 is 1. The molecule has 0 aliphatic heterocycles. The second-order valence-corrected chi connectivity index (χ2v) is 6.05. The first kappa shape index (κ1) is 14.9. The lowest BCUT2D eigenvalue weighted by molar-refractivity contribution is 0.413. The second-order valence-electron chi connectivity index (χ2n) is 4.81. The summed E-state index contributed by atoms with van der Waals surface area (Å²) in [6, 6.07) is 24.1. The van der Waals surface area contributed by atoms with Gasteiger partial charge in [0, 0.05) is 3.57 Å². The summed E-state index contributed by atoms with van der Waals surface area (Å²) in [5.41, 5.74) is 2.38. The van der Waals surface area contributed by atoms with Crippen molar-refractivity contribution in [3.8, 4) is 28.4 Å². The minimum absolute atomic E-state index is 0.794. The molecule has 0 bridgehead atoms. The van der Waals surface area contributed by atoms with Crippen molar-refractivity contribution >= 4 is 22.6 Å². The second kappa shape index (κ2) is 6.83. The zero-order valence-electron chi connectivity index (χ0n) is 12.1. The van der Waals surface area contributed by atoms with Crippen LogP contribution in [0.5, 0.6) is 17.2 Å². The molecule has 3 aromatic rings. The van der Waals surface area contributed by atoms with Gasteiger partial charge in [-0.05, 0) is 82.2 Å². The number of hydrogen-bond donors (Lipinski definition) is 0. The highest BCUT2D eigenvalue weighted by Crippen LogP contribution is 2.27. The van der Waals surface area contributed by atoms with E-state index in [4.69, 9.17) is 9.47 Å². The monoisotopic (exact) mass is 402 g/mol. The Bertz CT molecular complexity index is 732. The Balaban J connectivity index is 1.74. The minimum atomic E-state index is 0.794. The van der Waals surface area contributed by atoms with Gasteiger partial charge in [0.25, 0.3) is 0 Å². The summed E-state index contributed by atoms with van der Waals surface area (Å²) < 4.78 is 12.2. The van der Waals surface area contributed by atoms with Crippen molar-refractivity contribution in [2.24, 2.45) is 0 Å². The standard InChI is InChI=1S/C19H15IO2/c1-21-17-10-12-19(13-11-17)22-18-8-4-15(5-9-18)14-2-6-16(20)7-3-14/h2-13H,1H3. The lowest BCUT2D eigenvalue weighted by Gasteiger charge is -2.08. The fourth-order valence-electron chi connectivity index (χ4n) is 2.14. The molecule has 0 amide bonds. The Morgan fingerprint density at radius 2 is 1.00 bits per heavy atom. The van der Waals surface area contributed by atoms with E-state index >= 15 is 0 Å². The molecule has 3 rings (SSSR count). The van der Waals surface area contributed by atoms with Gasteiger partial charge in [0.15, 0.2) is 0 Å². The van der Waals surface area contributed by atoms with Crippen LogP contribution in [-0.4, -0.2) is 7.11 Å². The van der Waals surface area contributed by atoms with Crippen LogP contribution in [0.4, 0.5) is 0 Å². The Kier molecular flexibility index (Phi) is 4.63. The Morgan fingerprint density at radius 1 is 0.591 bits per heavy atom. The van der Waals surface area contributed by atoms with Crippen LogP contribution in [0.3, 0.4) is 0 Å². The van der Waals surface area contributed by atoms with Gasteiger partial charge in [0.05, 0.1) is 7.11 Å². The van der Waals surface area contributed by atoms with Gasteiger partial charge in [-0.15, -0.1) is 0 Å². The summed E-state index contributed by atoms with van der Waals surface area (Å²) in [6.07, 6.45) is 0. The molecular weight excluding hydrogens is 387 g/mol. The SMILES string of the molecule is COc1ccc(Oc2ccc(-c3ccc(I)cc3)cc2)cc1. The smallest absolute Gasteiger partial charge is 0.127 e. The fraction of sp³-hybridized carbons (Fsp3) is 0.0526. The average molecular weight is 402 g/mol. The van der Waals surface area contributed by atoms with E-state index in [1.807, 2.05) is 36.4 Å². The van der Waals surface area contributed by atoms with Crippen LogP contribution >= 0.6 is 22.6 Å². The molecule has 2 nitrogen and oxygen atoms in total. The third kappa shape index (κ3) is 3.60. The topological polar surface area (TPSA) is 18.5 Å². The summed E-state index contributed by atoms with van der Waals surface area (Å²) in [4.78, 5) is 0. The highest BCUT2D eigenvalue weighted by molar-refractivity contribution is 14.1. The van der Waals surface area contributed by atoms with E-state index in [-0.39, 0.29) is 0 Å². The molecular formula is C19H15IO2. The maximum atomic E-state index is 5.83. The third-order valence-electron chi connectivity index (χ3n) is 3.33. The number of ether oxygens (including phenoxy) is 2. The van der Waals surface area contributed by atoms with E-state index in [2.05, 4.69) is 59.0 Å². The van der Waals surface area contributed by atoms with Crippen molar-refractivity contribution in [2.75, 3.05) is 7.11 Å². The van der Waals surface area contributed by atoms with Gasteiger partial charge < -0.3 is 9.47 Å². The Labute approximate surface area is 143 Å². The van der Waals surface area contributed by atoms with Crippen molar-refractivity contribution in [1.29, 1.82) is 0 Å². The van der Waals surface area contributed by atoms with Gasteiger partial charge in [-0.3, -0.25) is 0 Å². The summed E-state index contributed by atoms with van der Waals surface area (Å²) in [5, 5.41) is 0. The van der Waals surface area contributed by atoms with Crippen molar-refractivity contribution in [2.45, 2.75) is 0 Å². The van der Waals surface area contributed by atoms with Gasteiger partial charge in [0.2, 0.25) is 0 Å². The predicted octanol–water partition coefficient (Wildman–Crippen LogP) is 5.76. The van der Waals surface area contributed by atoms with Crippen LogP contribution in [0.2, 0.25) is 0 Å². The van der Waals surface area contributed by atoms with Crippen molar-refractivity contribution < 1.29 is 9.47 Å². The first-order chi connectivity index (χ1) is 10.7. The van der Waals surface area contributed by atoms with Gasteiger partial charge in [-0.2, -0.15) is 0 Å². The fourth-order valence-corrected chi connectivity index (χ4v) is 2.50. The molecule has 0 aliphatic rings. The first-order valence-electron chi connectivity index (χ1n) is 6.92. The largest absolute Gasteiger partial charge is 0.497 e. The molecule has 3 aromatic carbocycles. The molecule has 0 saturated carbocycles. The van der Waals surface area contributed by atoms with Gasteiger partial charge in [-0.1, -0.05) is 24.3 Å². The highest BCUT2D eigenvalue weighted by atomic mass is 127. The molecule has 0 fully saturated rings. The maximum absolute atomic E-state index is 5.83. The molecule has 0 heterocycles. The van der Waals surface area contributed by atoms with Gasteiger partial charge >= 0.3 is 0 Å². The first-order valence-corrected chi connectivity index (χ1v) is 8.00. The summed E-state index contributed by atoms with van der Waals surface area (Å²) in [5.74, 6) is 2.43. The van der Waals surface area contributed by atoms with E-state index in [1.54, 1.807) is 7.11 Å². The van der Waals surface area contributed by atoms with E-state index in [0.717, 1.165) is 17.2 Å². The van der Waals surface area contributed by atoms with Gasteiger partial charge in [0.1, 0.15) is 17.2 Å². The molecule has 0 radical (unpaired) electrons. The average Bonchev–Trinajstić information content (AvgIpc) is 2.57. The van der Waals surface area contributed by atoms with Crippen molar-refractivity contribution in [3.63, 3.8) is 0 Å². The molecule has 110 valence electrons. The maximum Gasteiger partial charge on any atom is 0.127 e. The third-order valence-corrected chi connectivity index (χ3v) is 4.05. The summed E-state index contributed by atoms with van der Waals surface area (Å²) in [6.45, 7) is 0. The van der Waals surface area contributed by atoms with Crippen LogP contribution in [0.25, 0.3) is 11.1 Å². The van der Waals surface area contributed by atoms with E-state index in [9.17, 15) is 0 Å². The molecule has 0 unspecified atom stereocenters. The molecule has 3 heteroatoms. The van der Waals surface area contributed by atoms with Crippen LogP contribution in [0.1, 0.15) is 0 Å². The van der Waals surface area contributed by atoms with E-state index in [0.29, 0.717) is 0 Å². The van der Waals surface area contributed by atoms with Crippen LogP contribution in [-0.2, 0) is 0 Å². The van der Waals surface area contributed by atoms with Crippen molar-refractivity contribution in [3.05, 3.63) is 76.4 Å². The number of hydrogen-bond acceptors (Lipinski definition) is 2. The number of rotatable bonds is 4. The van der Waals surface area contributed by atoms with Crippen LogP contribution in [0, 0.1) is 3.57 Å². The zero-order chi connectivity index (χ0) is 15.4. The molecule has 0 atom stereocenters. The molecule has 0 aliphatic carbocycles. The molecule has 0 N–H and O–H groups in total. The summed E-state index contributed by atoms with van der Waals surface area (Å²) >= 11 is 2.31. The lowest BCUT2D eigenvalue weighted by Crippen LogP contribution is -1.86. The molecule has 22 heavy (non-hydrogen) atoms. The minimum Gasteiger partial charge on any atom is -0.497 e. The van der Waals surface area contributed by atoms with E-state index in [1.165, 1.54) is 14.7 Å². The highest BCUT2D eigenvalue weighted by Gasteiger charge is 2.01. The zero-order valence-corrected chi connectivity index (χ0v) is 14.3. The predicted molar refractivity (Wildman–Crippen MR) is 97.7 cm³/mol. The lowest BCUT2D eigenvalue weighted by atomic mass is 10.1. The van der Waals surface area contributed by atoms with Crippen molar-refractivity contribution in [1.82, 2.24) is 0 Å². The molecule has 0 aromatic heterocycles. The molecule has 0 saturated heterocycles. The summed E-state index contributed by atoms with van der Waals surface area (Å²) in [7, 11) is 1.65. The molecule has 0 spiro atoms. The van der Waals surface area contributed by atoms with Crippen LogP contribution < -0.4 is 9.47 Å². The van der Waals surface area contributed by atoms with E-state index < -0.39 is 0 Å².